The highest BCUT2D eigenvalue weighted by Gasteiger charge is 2.34. The largest absolute Gasteiger partial charge is 0.353 e. The van der Waals surface area contributed by atoms with E-state index >= 15 is 0 Å². The summed E-state index contributed by atoms with van der Waals surface area (Å²) in [6.07, 6.45) is 3.93. The van der Waals surface area contributed by atoms with Crippen LogP contribution in [0.5, 0.6) is 0 Å². The molecule has 1 aromatic carbocycles. The van der Waals surface area contributed by atoms with Crippen LogP contribution >= 0.6 is 0 Å². The van der Waals surface area contributed by atoms with Gasteiger partial charge in [0.1, 0.15) is 0 Å². The first-order valence-corrected chi connectivity index (χ1v) is 7.63. The number of hydrogen-bond acceptors (Lipinski definition) is 3. The molecule has 0 unspecified atom stereocenters. The highest BCUT2D eigenvalue weighted by molar-refractivity contribution is 5.95. The minimum absolute atomic E-state index is 0.00883. The van der Waals surface area contributed by atoms with Crippen molar-refractivity contribution in [1.29, 1.82) is 0 Å². The lowest BCUT2D eigenvalue weighted by molar-refractivity contribution is -0.385. The second-order valence-electron chi connectivity index (χ2n) is 6.03. The molecule has 0 radical (unpaired) electrons. The van der Waals surface area contributed by atoms with E-state index in [1.165, 1.54) is 6.07 Å². The number of hydrogen-bond donors (Lipinski definition) is 0. The summed E-state index contributed by atoms with van der Waals surface area (Å²) in [6.45, 7) is 2.20. The molecule has 1 aliphatic rings. The van der Waals surface area contributed by atoms with Gasteiger partial charge < -0.3 is 9.47 Å². The van der Waals surface area contributed by atoms with E-state index in [9.17, 15) is 14.9 Å². The number of benzene rings is 1. The van der Waals surface area contributed by atoms with Crippen LogP contribution in [0.3, 0.4) is 0 Å². The second kappa shape index (κ2) is 5.87. The Kier molecular flexibility index (Phi) is 3.90. The topological polar surface area (TPSA) is 68.4 Å². The molecule has 0 bridgehead atoms. The lowest BCUT2D eigenvalue weighted by Crippen LogP contribution is -2.33. The van der Waals surface area contributed by atoms with Crippen molar-refractivity contribution in [3.05, 3.63) is 63.5 Å². The predicted octanol–water partition coefficient (Wildman–Crippen LogP) is 3.05. The summed E-state index contributed by atoms with van der Waals surface area (Å²) in [7, 11) is 1.95. The fraction of sp³-hybridized carbons (Fsp3) is 0.353. The van der Waals surface area contributed by atoms with Gasteiger partial charge >= 0.3 is 0 Å². The summed E-state index contributed by atoms with van der Waals surface area (Å²) in [5.74, 6) is -0.142. The molecule has 6 nitrogen and oxygen atoms in total. The van der Waals surface area contributed by atoms with Crippen molar-refractivity contribution >= 4 is 11.6 Å². The minimum atomic E-state index is -0.440. The smallest absolute Gasteiger partial charge is 0.273 e. The van der Waals surface area contributed by atoms with Gasteiger partial charge in [0.2, 0.25) is 0 Å². The van der Waals surface area contributed by atoms with Crippen molar-refractivity contribution in [2.75, 3.05) is 0 Å². The Labute approximate surface area is 134 Å². The summed E-state index contributed by atoms with van der Waals surface area (Å²) in [5.41, 5.74) is 1.98. The molecule has 2 aromatic rings. The zero-order valence-corrected chi connectivity index (χ0v) is 13.2. The highest BCUT2D eigenvalue weighted by Crippen LogP contribution is 2.30. The van der Waals surface area contributed by atoms with Gasteiger partial charge in [-0.15, -0.1) is 0 Å². The first kappa shape index (κ1) is 15.3. The molecule has 1 fully saturated rings. The SMILES string of the molecule is Cc1ccc(C(=O)N(Cc2cccn2C)C2CC2)cc1[N+](=O)[O-]. The first-order valence-electron chi connectivity index (χ1n) is 7.63. The van der Waals surface area contributed by atoms with Gasteiger partial charge in [0, 0.05) is 42.2 Å². The molecule has 0 spiro atoms. The molecule has 120 valence electrons. The summed E-state index contributed by atoms with van der Waals surface area (Å²) < 4.78 is 1.99. The lowest BCUT2D eigenvalue weighted by atomic mass is 10.1. The Bertz CT molecular complexity index is 762. The van der Waals surface area contributed by atoms with Crippen LogP contribution in [0.15, 0.2) is 36.5 Å². The second-order valence-corrected chi connectivity index (χ2v) is 6.03. The number of rotatable bonds is 5. The van der Waals surface area contributed by atoms with Crippen molar-refractivity contribution in [1.82, 2.24) is 9.47 Å². The molecule has 1 heterocycles. The van der Waals surface area contributed by atoms with Crippen LogP contribution in [-0.4, -0.2) is 26.3 Å². The Morgan fingerprint density at radius 1 is 1.39 bits per heavy atom. The highest BCUT2D eigenvalue weighted by atomic mass is 16.6. The number of aromatic nitrogens is 1. The Hall–Kier alpha value is -2.63. The van der Waals surface area contributed by atoms with Crippen LogP contribution in [0.2, 0.25) is 0 Å². The van der Waals surface area contributed by atoms with E-state index in [2.05, 4.69) is 0 Å². The third-order valence-corrected chi connectivity index (χ3v) is 4.28. The average molecular weight is 313 g/mol. The van der Waals surface area contributed by atoms with Crippen LogP contribution < -0.4 is 0 Å². The number of nitro benzene ring substituents is 1. The quantitative estimate of drug-likeness (QED) is 0.629. The third kappa shape index (κ3) is 3.11. The van der Waals surface area contributed by atoms with Crippen molar-refractivity contribution in [3.63, 3.8) is 0 Å². The molecule has 0 aliphatic heterocycles. The van der Waals surface area contributed by atoms with E-state index in [4.69, 9.17) is 0 Å². The number of amides is 1. The minimum Gasteiger partial charge on any atom is -0.353 e. The third-order valence-electron chi connectivity index (χ3n) is 4.28. The zero-order chi connectivity index (χ0) is 16.6. The van der Waals surface area contributed by atoms with E-state index in [1.54, 1.807) is 19.1 Å². The average Bonchev–Trinajstić information content (AvgIpc) is 3.28. The summed E-state index contributed by atoms with van der Waals surface area (Å²) in [6, 6.07) is 8.86. The standard InChI is InChI=1S/C17H19N3O3/c1-12-5-6-13(10-16(12)20(22)23)17(21)19(14-7-8-14)11-15-4-3-9-18(15)2/h3-6,9-10,14H,7-8,11H2,1-2H3. The summed E-state index contributed by atoms with van der Waals surface area (Å²) in [4.78, 5) is 25.3. The van der Waals surface area contributed by atoms with E-state index in [-0.39, 0.29) is 17.6 Å². The number of carbonyl (C=O) groups excluding carboxylic acids is 1. The van der Waals surface area contributed by atoms with E-state index in [0.717, 1.165) is 18.5 Å². The number of carbonyl (C=O) groups is 1. The van der Waals surface area contributed by atoms with Crippen LogP contribution in [-0.2, 0) is 13.6 Å². The molecule has 0 atom stereocenters. The van der Waals surface area contributed by atoms with Crippen LogP contribution in [0.4, 0.5) is 5.69 Å². The molecule has 3 rings (SSSR count). The summed E-state index contributed by atoms with van der Waals surface area (Å²) in [5, 5.41) is 11.1. The zero-order valence-electron chi connectivity index (χ0n) is 13.2. The molecule has 0 N–H and O–H groups in total. The molecule has 0 saturated heterocycles. The van der Waals surface area contributed by atoms with E-state index in [0.29, 0.717) is 17.7 Å². The van der Waals surface area contributed by atoms with Gasteiger partial charge in [-0.2, -0.15) is 0 Å². The van der Waals surface area contributed by atoms with Gasteiger partial charge in [0.05, 0.1) is 11.5 Å². The van der Waals surface area contributed by atoms with Crippen molar-refractivity contribution < 1.29 is 9.72 Å². The van der Waals surface area contributed by atoms with Crippen molar-refractivity contribution in [3.8, 4) is 0 Å². The molecule has 6 heteroatoms. The fourth-order valence-electron chi connectivity index (χ4n) is 2.69. The maximum absolute atomic E-state index is 12.8. The molecule has 1 amide bonds. The normalized spacial score (nSPS) is 13.8. The number of nitro groups is 1. The van der Waals surface area contributed by atoms with Gasteiger partial charge in [-0.05, 0) is 38.0 Å². The van der Waals surface area contributed by atoms with Gasteiger partial charge in [-0.1, -0.05) is 6.07 Å². The van der Waals surface area contributed by atoms with Gasteiger partial charge in [0.25, 0.3) is 11.6 Å². The maximum Gasteiger partial charge on any atom is 0.273 e. The van der Waals surface area contributed by atoms with E-state index in [1.807, 2.05) is 34.8 Å². The lowest BCUT2D eigenvalue weighted by Gasteiger charge is -2.23. The predicted molar refractivity (Wildman–Crippen MR) is 86.1 cm³/mol. The van der Waals surface area contributed by atoms with Crippen LogP contribution in [0.25, 0.3) is 0 Å². The van der Waals surface area contributed by atoms with Gasteiger partial charge in [-0.25, -0.2) is 0 Å². The van der Waals surface area contributed by atoms with Crippen molar-refractivity contribution in [2.24, 2.45) is 7.05 Å². The molecule has 1 aromatic heterocycles. The van der Waals surface area contributed by atoms with Crippen molar-refractivity contribution in [2.45, 2.75) is 32.4 Å². The first-order chi connectivity index (χ1) is 11.0. The molecular formula is C17H19N3O3. The Morgan fingerprint density at radius 2 is 2.13 bits per heavy atom. The monoisotopic (exact) mass is 313 g/mol. The number of nitrogens with zero attached hydrogens (tertiary/aromatic N) is 3. The Balaban J connectivity index is 1.88. The molecule has 1 aliphatic carbocycles. The fourth-order valence-corrected chi connectivity index (χ4v) is 2.69. The van der Waals surface area contributed by atoms with Crippen LogP contribution in [0.1, 0.15) is 34.5 Å². The number of aryl methyl sites for hydroxylation is 2. The van der Waals surface area contributed by atoms with Crippen LogP contribution in [0, 0.1) is 17.0 Å². The molecular weight excluding hydrogens is 294 g/mol. The van der Waals surface area contributed by atoms with Gasteiger partial charge in [-0.3, -0.25) is 14.9 Å². The van der Waals surface area contributed by atoms with E-state index < -0.39 is 4.92 Å². The Morgan fingerprint density at radius 3 is 2.70 bits per heavy atom. The molecule has 23 heavy (non-hydrogen) atoms. The summed E-state index contributed by atoms with van der Waals surface area (Å²) >= 11 is 0. The van der Waals surface area contributed by atoms with Gasteiger partial charge in [0.15, 0.2) is 0 Å². The molecule has 1 saturated carbocycles. The maximum atomic E-state index is 12.8.